The fourth-order valence-corrected chi connectivity index (χ4v) is 4.18. The van der Waals surface area contributed by atoms with E-state index >= 15 is 0 Å². The van der Waals surface area contributed by atoms with Crippen molar-refractivity contribution in [3.8, 4) is 5.75 Å². The van der Waals surface area contributed by atoms with Crippen molar-refractivity contribution in [2.45, 2.75) is 25.6 Å². The molecule has 0 saturated carbocycles. The number of hydrogen-bond acceptors (Lipinski definition) is 6. The van der Waals surface area contributed by atoms with Gasteiger partial charge in [0.25, 0.3) is 0 Å². The summed E-state index contributed by atoms with van der Waals surface area (Å²) in [5, 5.41) is 20.4. The number of thiophene rings is 1. The zero-order valence-corrected chi connectivity index (χ0v) is 15.9. The predicted molar refractivity (Wildman–Crippen MR) is 105 cm³/mol. The van der Waals surface area contributed by atoms with Crippen molar-refractivity contribution in [2.24, 2.45) is 0 Å². The molecule has 5 nitrogen and oxygen atoms in total. The van der Waals surface area contributed by atoms with Gasteiger partial charge in [-0.25, -0.2) is 0 Å². The molecule has 1 atom stereocenters. The maximum absolute atomic E-state index is 9.47. The second kappa shape index (κ2) is 10.0. The smallest absolute Gasteiger partial charge is 0.119 e. The maximum Gasteiger partial charge on any atom is 0.119 e. The highest BCUT2D eigenvalue weighted by molar-refractivity contribution is 7.09. The monoisotopic (exact) mass is 376 g/mol. The molecule has 1 aliphatic heterocycles. The van der Waals surface area contributed by atoms with Crippen LogP contribution < -0.4 is 4.74 Å². The molecule has 26 heavy (non-hydrogen) atoms. The van der Waals surface area contributed by atoms with Crippen LogP contribution in [0.3, 0.4) is 0 Å². The highest BCUT2D eigenvalue weighted by Crippen LogP contribution is 2.21. The third kappa shape index (κ3) is 5.53. The summed E-state index contributed by atoms with van der Waals surface area (Å²) >= 11 is 1.80. The first-order valence-electron chi connectivity index (χ1n) is 9.20. The Kier molecular flexibility index (Phi) is 7.46. The van der Waals surface area contributed by atoms with Gasteiger partial charge in [0.05, 0.1) is 6.61 Å². The fourth-order valence-electron chi connectivity index (χ4n) is 3.45. The highest BCUT2D eigenvalue weighted by Gasteiger charge is 2.26. The third-order valence-electron chi connectivity index (χ3n) is 4.78. The predicted octanol–water partition coefficient (Wildman–Crippen LogP) is 2.19. The van der Waals surface area contributed by atoms with E-state index in [1.165, 1.54) is 10.4 Å². The lowest BCUT2D eigenvalue weighted by molar-refractivity contribution is 0.0506. The molecule has 1 unspecified atom stereocenters. The lowest BCUT2D eigenvalue weighted by Gasteiger charge is -2.41. The van der Waals surface area contributed by atoms with Crippen molar-refractivity contribution in [2.75, 3.05) is 39.5 Å². The van der Waals surface area contributed by atoms with Crippen molar-refractivity contribution in [3.05, 3.63) is 52.2 Å². The summed E-state index contributed by atoms with van der Waals surface area (Å²) in [5.41, 5.74) is 1.26. The molecular weight excluding hydrogens is 348 g/mol. The second-order valence-corrected chi connectivity index (χ2v) is 7.70. The van der Waals surface area contributed by atoms with Crippen LogP contribution in [0.2, 0.25) is 0 Å². The van der Waals surface area contributed by atoms with Gasteiger partial charge >= 0.3 is 0 Å². The van der Waals surface area contributed by atoms with Gasteiger partial charge < -0.3 is 14.9 Å². The van der Waals surface area contributed by atoms with E-state index in [0.717, 1.165) is 44.9 Å². The van der Waals surface area contributed by atoms with E-state index in [-0.39, 0.29) is 13.2 Å². The van der Waals surface area contributed by atoms with Gasteiger partial charge in [0.15, 0.2) is 0 Å². The van der Waals surface area contributed by atoms with Crippen LogP contribution in [0.25, 0.3) is 0 Å². The number of aliphatic hydroxyl groups is 2. The molecule has 0 amide bonds. The molecule has 2 heterocycles. The van der Waals surface area contributed by atoms with Crippen molar-refractivity contribution in [1.82, 2.24) is 9.80 Å². The lowest BCUT2D eigenvalue weighted by atomic mass is 10.1. The third-order valence-corrected chi connectivity index (χ3v) is 5.64. The zero-order chi connectivity index (χ0) is 18.2. The number of ether oxygens (including phenoxy) is 1. The quantitative estimate of drug-likeness (QED) is 0.703. The van der Waals surface area contributed by atoms with Crippen LogP contribution in [0.5, 0.6) is 5.75 Å². The van der Waals surface area contributed by atoms with Crippen molar-refractivity contribution >= 4 is 11.3 Å². The number of aliphatic hydroxyl groups excluding tert-OH is 2. The van der Waals surface area contributed by atoms with E-state index in [1.807, 2.05) is 12.1 Å². The molecule has 0 radical (unpaired) electrons. The minimum absolute atomic E-state index is 0.0315. The van der Waals surface area contributed by atoms with E-state index in [0.29, 0.717) is 12.6 Å². The van der Waals surface area contributed by atoms with Crippen LogP contribution in [0.15, 0.2) is 41.8 Å². The number of rotatable bonds is 9. The molecule has 2 N–H and O–H groups in total. The molecule has 0 aliphatic carbocycles. The Morgan fingerprint density at radius 2 is 1.88 bits per heavy atom. The van der Waals surface area contributed by atoms with Crippen LogP contribution in [-0.4, -0.2) is 65.5 Å². The van der Waals surface area contributed by atoms with Crippen LogP contribution in [0, 0.1) is 0 Å². The number of piperazine rings is 1. The molecule has 1 fully saturated rings. The second-order valence-electron chi connectivity index (χ2n) is 6.67. The Labute approximate surface area is 159 Å². The fraction of sp³-hybridized carbons (Fsp3) is 0.500. The average molecular weight is 377 g/mol. The molecule has 1 aromatic heterocycles. The molecule has 2 aromatic rings. The normalized spacial score (nSPS) is 18.9. The number of benzene rings is 1. The van der Waals surface area contributed by atoms with E-state index in [1.54, 1.807) is 11.3 Å². The summed E-state index contributed by atoms with van der Waals surface area (Å²) in [6.07, 6.45) is 0.815. The molecule has 3 rings (SSSR count). The first kappa shape index (κ1) is 19.3. The van der Waals surface area contributed by atoms with Crippen LogP contribution >= 0.6 is 11.3 Å². The summed E-state index contributed by atoms with van der Waals surface area (Å²) in [4.78, 5) is 6.36. The Hall–Kier alpha value is -1.44. The van der Waals surface area contributed by atoms with Crippen molar-refractivity contribution in [1.29, 1.82) is 0 Å². The summed E-state index contributed by atoms with van der Waals surface area (Å²) in [6, 6.07) is 12.8. The molecule has 142 valence electrons. The Morgan fingerprint density at radius 1 is 1.04 bits per heavy atom. The van der Waals surface area contributed by atoms with Crippen LogP contribution in [-0.2, 0) is 13.1 Å². The highest BCUT2D eigenvalue weighted by atomic mass is 32.1. The average Bonchev–Trinajstić information content (AvgIpc) is 3.17. The molecule has 0 bridgehead atoms. The van der Waals surface area contributed by atoms with Crippen molar-refractivity contribution < 1.29 is 14.9 Å². The van der Waals surface area contributed by atoms with Gasteiger partial charge in [-0.15, -0.1) is 11.3 Å². The van der Waals surface area contributed by atoms with Crippen LogP contribution in [0.4, 0.5) is 0 Å². The van der Waals surface area contributed by atoms with Gasteiger partial charge in [-0.2, -0.15) is 0 Å². The SMILES string of the molecule is OCCOc1ccc(CN2CCN(Cc3cccs3)C(CCO)C2)cc1. The van der Waals surface area contributed by atoms with Gasteiger partial charge in [0.1, 0.15) is 12.4 Å². The summed E-state index contributed by atoms with van der Waals surface area (Å²) in [6.45, 7) is 5.53. The summed E-state index contributed by atoms with van der Waals surface area (Å²) in [5.74, 6) is 0.793. The minimum Gasteiger partial charge on any atom is -0.491 e. The van der Waals surface area contributed by atoms with Gasteiger partial charge in [0.2, 0.25) is 0 Å². The summed E-state index contributed by atoms with van der Waals surface area (Å²) in [7, 11) is 0. The van der Waals surface area contributed by atoms with Gasteiger partial charge in [-0.1, -0.05) is 18.2 Å². The van der Waals surface area contributed by atoms with E-state index < -0.39 is 0 Å². The van der Waals surface area contributed by atoms with Crippen molar-refractivity contribution in [3.63, 3.8) is 0 Å². The van der Waals surface area contributed by atoms with E-state index in [4.69, 9.17) is 9.84 Å². The first-order chi connectivity index (χ1) is 12.8. The van der Waals surface area contributed by atoms with Gasteiger partial charge in [-0.3, -0.25) is 9.80 Å². The first-order valence-corrected chi connectivity index (χ1v) is 10.1. The number of hydrogen-bond donors (Lipinski definition) is 2. The van der Waals surface area contributed by atoms with E-state index in [2.05, 4.69) is 39.4 Å². The zero-order valence-electron chi connectivity index (χ0n) is 15.1. The topological polar surface area (TPSA) is 56.2 Å². The maximum atomic E-state index is 9.47. The van der Waals surface area contributed by atoms with Gasteiger partial charge in [-0.05, 0) is 35.6 Å². The minimum atomic E-state index is 0.0315. The Balaban J connectivity index is 1.54. The largest absolute Gasteiger partial charge is 0.491 e. The molecule has 6 heteroatoms. The molecule has 1 aliphatic rings. The lowest BCUT2D eigenvalue weighted by Crippen LogP contribution is -2.52. The Bertz CT molecular complexity index is 633. The standard InChI is InChI=1S/C20H28N2O3S/c23-10-7-18-15-21(8-9-22(18)16-20-2-1-13-26-20)14-17-3-5-19(6-4-17)25-12-11-24/h1-6,13,18,23-24H,7-12,14-16H2. The van der Waals surface area contributed by atoms with Crippen LogP contribution in [0.1, 0.15) is 16.9 Å². The number of nitrogens with zero attached hydrogens (tertiary/aromatic N) is 2. The molecule has 0 spiro atoms. The molecule has 1 saturated heterocycles. The van der Waals surface area contributed by atoms with Gasteiger partial charge in [0, 0.05) is 50.2 Å². The molecule has 1 aromatic carbocycles. The molecular formula is C20H28N2O3S. The van der Waals surface area contributed by atoms with E-state index in [9.17, 15) is 5.11 Å². The summed E-state index contributed by atoms with van der Waals surface area (Å²) < 4.78 is 5.42. The Morgan fingerprint density at radius 3 is 2.58 bits per heavy atom.